The largest absolute Gasteiger partial charge is 0.392 e. The van der Waals surface area contributed by atoms with Crippen molar-refractivity contribution in [3.8, 4) is 0 Å². The lowest BCUT2D eigenvalue weighted by atomic mass is 9.86. The number of ketones is 1. The van der Waals surface area contributed by atoms with Crippen LogP contribution in [0.4, 0.5) is 10.5 Å². The number of Topliss-reactive ketones (excluding diaryl/α,β-unsaturated/α-hetero) is 1. The lowest BCUT2D eigenvalue weighted by molar-refractivity contribution is -0.129. The molecule has 1 aromatic carbocycles. The van der Waals surface area contributed by atoms with Crippen molar-refractivity contribution < 1.29 is 19.5 Å². The first-order valence-electron chi connectivity index (χ1n) is 9.31. The van der Waals surface area contributed by atoms with Gasteiger partial charge in [0, 0.05) is 30.5 Å². The molecule has 0 aliphatic carbocycles. The lowest BCUT2D eigenvalue weighted by Gasteiger charge is -2.20. The highest BCUT2D eigenvalue weighted by Gasteiger charge is 2.25. The van der Waals surface area contributed by atoms with Crippen LogP contribution in [0.1, 0.15) is 45.6 Å². The molecule has 150 valence electrons. The van der Waals surface area contributed by atoms with Crippen LogP contribution >= 0.6 is 0 Å². The molecule has 3 amide bonds. The number of hydrogen-bond donors (Lipinski definition) is 4. The molecule has 0 aromatic heterocycles. The van der Waals surface area contributed by atoms with Crippen LogP contribution < -0.4 is 16.4 Å². The van der Waals surface area contributed by atoms with E-state index in [0.29, 0.717) is 25.1 Å². The Kier molecular flexibility index (Phi) is 9.50. The molecule has 0 aliphatic heterocycles. The van der Waals surface area contributed by atoms with E-state index in [1.165, 1.54) is 0 Å². The molecule has 2 atom stereocenters. The molecule has 0 bridgehead atoms. The molecule has 1 rings (SSSR count). The molecule has 0 saturated heterocycles. The van der Waals surface area contributed by atoms with Gasteiger partial charge in [-0.15, -0.1) is 0 Å². The van der Waals surface area contributed by atoms with E-state index in [2.05, 4.69) is 10.6 Å². The van der Waals surface area contributed by atoms with Gasteiger partial charge in [0.05, 0.1) is 6.61 Å². The van der Waals surface area contributed by atoms with Gasteiger partial charge in [0.2, 0.25) is 5.91 Å². The first kappa shape index (κ1) is 22.6. The minimum absolute atomic E-state index is 0.0589. The van der Waals surface area contributed by atoms with Gasteiger partial charge in [-0.3, -0.25) is 9.59 Å². The summed E-state index contributed by atoms with van der Waals surface area (Å²) in [4.78, 5) is 36.0. The van der Waals surface area contributed by atoms with Crippen LogP contribution in [0.3, 0.4) is 0 Å². The van der Waals surface area contributed by atoms with E-state index in [9.17, 15) is 14.4 Å². The first-order chi connectivity index (χ1) is 12.7. The number of urea groups is 1. The van der Waals surface area contributed by atoms with Gasteiger partial charge in [0.25, 0.3) is 0 Å². The Morgan fingerprint density at radius 3 is 2.26 bits per heavy atom. The van der Waals surface area contributed by atoms with E-state index in [4.69, 9.17) is 10.8 Å². The zero-order chi connectivity index (χ0) is 20.4. The third kappa shape index (κ3) is 8.21. The second kappa shape index (κ2) is 11.3. The molecule has 7 heteroatoms. The third-order valence-electron chi connectivity index (χ3n) is 4.76. The number of nitrogens with two attached hydrogens (primary N) is 1. The van der Waals surface area contributed by atoms with Crippen molar-refractivity contribution in [1.29, 1.82) is 0 Å². The van der Waals surface area contributed by atoms with Crippen LogP contribution in [0.15, 0.2) is 24.3 Å². The first-order valence-corrected chi connectivity index (χ1v) is 9.31. The molecular weight excluding hydrogens is 346 g/mol. The summed E-state index contributed by atoms with van der Waals surface area (Å²) in [5.74, 6) is -0.554. The Bertz CT molecular complexity index is 629. The Balaban J connectivity index is 2.75. The van der Waals surface area contributed by atoms with Gasteiger partial charge in [0.1, 0.15) is 5.78 Å². The Labute approximate surface area is 160 Å². The molecular formula is C20H31N3O4. The van der Waals surface area contributed by atoms with Crippen molar-refractivity contribution in [3.63, 3.8) is 0 Å². The number of hydrogen-bond acceptors (Lipinski definition) is 4. The predicted molar refractivity (Wildman–Crippen MR) is 105 cm³/mol. The summed E-state index contributed by atoms with van der Waals surface area (Å²) in [6.45, 7) is 6.14. The average Bonchev–Trinajstić information content (AvgIpc) is 2.63. The average molecular weight is 377 g/mol. The van der Waals surface area contributed by atoms with Gasteiger partial charge >= 0.3 is 6.03 Å². The van der Waals surface area contributed by atoms with Gasteiger partial charge in [-0.05, 0) is 36.5 Å². The van der Waals surface area contributed by atoms with Crippen molar-refractivity contribution in [2.45, 2.75) is 46.6 Å². The second-order valence-electron chi connectivity index (χ2n) is 7.18. The molecule has 0 saturated carbocycles. The maximum atomic E-state index is 12.7. The molecule has 0 fully saturated rings. The van der Waals surface area contributed by atoms with Crippen molar-refractivity contribution in [2.75, 3.05) is 11.9 Å². The SMILES string of the molecule is CC(C)[C@H](C)C(=O)C[C@@H](CCCNC(N)=O)C(=O)Nc1ccc(CO)cc1. The molecule has 1 aromatic rings. The molecule has 0 heterocycles. The Morgan fingerprint density at radius 2 is 1.74 bits per heavy atom. The van der Waals surface area contributed by atoms with Crippen LogP contribution in [0.25, 0.3) is 0 Å². The summed E-state index contributed by atoms with van der Waals surface area (Å²) < 4.78 is 0. The maximum Gasteiger partial charge on any atom is 0.312 e. The monoisotopic (exact) mass is 377 g/mol. The van der Waals surface area contributed by atoms with Crippen LogP contribution in [-0.4, -0.2) is 29.4 Å². The Hall–Kier alpha value is -2.41. The number of carbonyl (C=O) groups is 3. The van der Waals surface area contributed by atoms with E-state index >= 15 is 0 Å². The van der Waals surface area contributed by atoms with E-state index < -0.39 is 11.9 Å². The van der Waals surface area contributed by atoms with E-state index in [0.717, 1.165) is 5.56 Å². The number of carbonyl (C=O) groups excluding carboxylic acids is 3. The fraction of sp³-hybridized carbons (Fsp3) is 0.550. The maximum absolute atomic E-state index is 12.7. The minimum Gasteiger partial charge on any atom is -0.392 e. The predicted octanol–water partition coefficient (Wildman–Crippen LogP) is 2.43. The number of primary amides is 1. The van der Waals surface area contributed by atoms with Gasteiger partial charge in [-0.1, -0.05) is 32.9 Å². The summed E-state index contributed by atoms with van der Waals surface area (Å²) in [6, 6.07) is 6.28. The van der Waals surface area contributed by atoms with Crippen LogP contribution in [0.5, 0.6) is 0 Å². The molecule has 7 nitrogen and oxygen atoms in total. The van der Waals surface area contributed by atoms with Crippen LogP contribution in [0, 0.1) is 17.8 Å². The van der Waals surface area contributed by atoms with E-state index in [1.807, 2.05) is 20.8 Å². The van der Waals surface area contributed by atoms with Gasteiger partial charge in [-0.25, -0.2) is 4.79 Å². The van der Waals surface area contributed by atoms with Crippen molar-refractivity contribution >= 4 is 23.4 Å². The highest BCUT2D eigenvalue weighted by Crippen LogP contribution is 2.21. The summed E-state index contributed by atoms with van der Waals surface area (Å²) in [7, 11) is 0. The zero-order valence-corrected chi connectivity index (χ0v) is 16.3. The van der Waals surface area contributed by atoms with Gasteiger partial charge in [0.15, 0.2) is 0 Å². The third-order valence-corrected chi connectivity index (χ3v) is 4.76. The molecule has 5 N–H and O–H groups in total. The van der Waals surface area contributed by atoms with Crippen molar-refractivity contribution in [3.05, 3.63) is 29.8 Å². The van der Waals surface area contributed by atoms with E-state index in [-0.39, 0.29) is 36.6 Å². The Morgan fingerprint density at radius 1 is 1.11 bits per heavy atom. The molecule has 0 unspecified atom stereocenters. The second-order valence-corrected chi connectivity index (χ2v) is 7.18. The number of benzene rings is 1. The zero-order valence-electron chi connectivity index (χ0n) is 16.3. The highest BCUT2D eigenvalue weighted by atomic mass is 16.3. The molecule has 0 aliphatic rings. The fourth-order valence-corrected chi connectivity index (χ4v) is 2.62. The number of anilines is 1. The van der Waals surface area contributed by atoms with Crippen LogP contribution in [0.2, 0.25) is 0 Å². The number of amides is 3. The number of nitrogens with one attached hydrogen (secondary N) is 2. The number of aliphatic hydroxyl groups is 1. The minimum atomic E-state index is -0.607. The van der Waals surface area contributed by atoms with Crippen molar-refractivity contribution in [1.82, 2.24) is 5.32 Å². The molecule has 0 radical (unpaired) electrons. The smallest absolute Gasteiger partial charge is 0.312 e. The van der Waals surface area contributed by atoms with Crippen LogP contribution in [-0.2, 0) is 16.2 Å². The summed E-state index contributed by atoms with van der Waals surface area (Å²) >= 11 is 0. The number of aliphatic hydroxyl groups excluding tert-OH is 1. The summed E-state index contributed by atoms with van der Waals surface area (Å²) in [5.41, 5.74) is 6.41. The quantitative estimate of drug-likeness (QED) is 0.442. The lowest BCUT2D eigenvalue weighted by Crippen LogP contribution is -2.32. The van der Waals surface area contributed by atoms with Gasteiger partial charge in [-0.2, -0.15) is 0 Å². The normalized spacial score (nSPS) is 13.1. The summed E-state index contributed by atoms with van der Waals surface area (Å²) in [6.07, 6.45) is 1.18. The fourth-order valence-electron chi connectivity index (χ4n) is 2.62. The molecule has 27 heavy (non-hydrogen) atoms. The van der Waals surface area contributed by atoms with E-state index in [1.54, 1.807) is 24.3 Å². The van der Waals surface area contributed by atoms with Crippen molar-refractivity contribution in [2.24, 2.45) is 23.5 Å². The van der Waals surface area contributed by atoms with Gasteiger partial charge < -0.3 is 21.5 Å². The summed E-state index contributed by atoms with van der Waals surface area (Å²) in [5, 5.41) is 14.4. The number of rotatable bonds is 11. The molecule has 0 spiro atoms. The standard InChI is InChI=1S/C20H31N3O4/c1-13(2)14(3)18(25)11-16(5-4-10-22-20(21)27)19(26)23-17-8-6-15(12-24)7-9-17/h6-9,13-14,16,24H,4-5,10-12H2,1-3H3,(H,23,26)(H3,21,22,27)/t14-,16+/m0/s1. The highest BCUT2D eigenvalue weighted by molar-refractivity contribution is 5.95. The topological polar surface area (TPSA) is 122 Å².